The number of rotatable bonds is 4. The van der Waals surface area contributed by atoms with Crippen molar-refractivity contribution in [1.29, 1.82) is 0 Å². The molecule has 1 aromatic carbocycles. The Kier molecular flexibility index (Phi) is 4.54. The molecule has 6 nitrogen and oxygen atoms in total. The van der Waals surface area contributed by atoms with E-state index in [4.69, 9.17) is 11.2 Å². The summed E-state index contributed by atoms with van der Waals surface area (Å²) in [5, 5.41) is 2.64. The second kappa shape index (κ2) is 6.68. The molecule has 8 heteroatoms. The zero-order valence-corrected chi connectivity index (χ0v) is 14.5. The van der Waals surface area contributed by atoms with Crippen LogP contribution in [0.4, 0.5) is 8.78 Å². The van der Waals surface area contributed by atoms with Gasteiger partial charge in [-0.1, -0.05) is 12.1 Å². The van der Waals surface area contributed by atoms with E-state index in [-0.39, 0.29) is 34.6 Å². The maximum atomic E-state index is 13.8. The van der Waals surface area contributed by atoms with E-state index in [9.17, 15) is 18.4 Å². The zero-order chi connectivity index (χ0) is 19.8. The summed E-state index contributed by atoms with van der Waals surface area (Å²) in [4.78, 5) is 28.7. The predicted octanol–water partition coefficient (Wildman–Crippen LogP) is 2.90. The third-order valence-corrected chi connectivity index (χ3v) is 4.03. The number of nitrogens with one attached hydrogen (secondary N) is 1. The monoisotopic (exact) mass is 371 g/mol. The summed E-state index contributed by atoms with van der Waals surface area (Å²) < 4.78 is 33.6. The van der Waals surface area contributed by atoms with Crippen molar-refractivity contribution < 1.29 is 18.3 Å². The van der Waals surface area contributed by atoms with Crippen LogP contribution in [0.1, 0.15) is 28.4 Å². The molecule has 0 spiro atoms. The minimum absolute atomic E-state index is 0.0895. The Morgan fingerprint density at radius 1 is 1.41 bits per heavy atom. The van der Waals surface area contributed by atoms with Gasteiger partial charge in [-0.25, -0.2) is 14.3 Å². The summed E-state index contributed by atoms with van der Waals surface area (Å²) in [6, 6.07) is 5.32. The van der Waals surface area contributed by atoms with Crippen molar-refractivity contribution in [2.24, 2.45) is 0 Å². The Bertz CT molecular complexity index is 1140. The highest BCUT2D eigenvalue weighted by Crippen LogP contribution is 2.32. The molecule has 138 valence electrons. The van der Waals surface area contributed by atoms with E-state index < -0.39 is 17.5 Å². The number of hydrogen-bond acceptors (Lipinski definition) is 4. The number of aromatic nitrogens is 3. The Morgan fingerprint density at radius 2 is 2.15 bits per heavy atom. The number of terminal acetylenes is 1. The van der Waals surface area contributed by atoms with Gasteiger partial charge in [-0.2, -0.15) is 8.78 Å². The molecule has 2 heterocycles. The Hall–Kier alpha value is -3.47. The second-order valence-electron chi connectivity index (χ2n) is 5.79. The van der Waals surface area contributed by atoms with Gasteiger partial charge in [0.05, 0.1) is 12.3 Å². The lowest BCUT2D eigenvalue weighted by atomic mass is 9.99. The fourth-order valence-corrected chi connectivity index (χ4v) is 2.74. The van der Waals surface area contributed by atoms with E-state index in [0.29, 0.717) is 5.56 Å². The van der Waals surface area contributed by atoms with Gasteiger partial charge in [0.25, 0.3) is 5.56 Å². The van der Waals surface area contributed by atoms with Crippen LogP contribution < -0.4 is 5.56 Å². The molecule has 0 saturated heterocycles. The lowest BCUT2D eigenvalue weighted by Gasteiger charge is -2.14. The van der Waals surface area contributed by atoms with Gasteiger partial charge in [0, 0.05) is 23.4 Å². The van der Waals surface area contributed by atoms with Crippen LogP contribution >= 0.6 is 0 Å². The number of H-pyrrole nitrogens is 1. The van der Waals surface area contributed by atoms with Crippen molar-refractivity contribution in [2.75, 3.05) is 6.61 Å². The van der Waals surface area contributed by atoms with Crippen molar-refractivity contribution in [3.63, 3.8) is 0 Å². The second-order valence-corrected chi connectivity index (χ2v) is 5.79. The third kappa shape index (κ3) is 3.19. The number of carbonyl (C=O) groups excluding carboxylic acids is 1. The molecule has 0 atom stereocenters. The quantitative estimate of drug-likeness (QED) is 0.565. The molecule has 0 aliphatic rings. The third-order valence-electron chi connectivity index (χ3n) is 4.03. The molecule has 3 aromatic rings. The summed E-state index contributed by atoms with van der Waals surface area (Å²) in [6.07, 6.45) is 6.22. The van der Waals surface area contributed by atoms with E-state index in [1.165, 1.54) is 43.3 Å². The molecule has 0 aliphatic heterocycles. The number of benzene rings is 1. The summed E-state index contributed by atoms with van der Waals surface area (Å²) >= 11 is 0. The van der Waals surface area contributed by atoms with E-state index in [0.717, 1.165) is 4.52 Å². The average molecular weight is 371 g/mol. The Balaban J connectivity index is 2.14. The van der Waals surface area contributed by atoms with Crippen LogP contribution in [0.3, 0.4) is 0 Å². The molecule has 0 amide bonds. The van der Waals surface area contributed by atoms with Gasteiger partial charge in [-0.15, -0.1) is 6.42 Å². The SMILES string of the molecule is C#CC(F)(F)c1ccc(-c2cc(=O)n3[nH]cc(C(=O)OCC)c3n2)cc1C. The number of esters is 1. The van der Waals surface area contributed by atoms with E-state index in [1.54, 1.807) is 6.92 Å². The fourth-order valence-electron chi connectivity index (χ4n) is 2.74. The van der Waals surface area contributed by atoms with Crippen LogP contribution in [0.5, 0.6) is 0 Å². The zero-order valence-electron chi connectivity index (χ0n) is 14.5. The van der Waals surface area contributed by atoms with Crippen molar-refractivity contribution in [1.82, 2.24) is 14.6 Å². The van der Waals surface area contributed by atoms with Gasteiger partial charge in [0.15, 0.2) is 5.65 Å². The maximum absolute atomic E-state index is 13.8. The molecule has 0 fully saturated rings. The first kappa shape index (κ1) is 18.3. The Labute approximate surface area is 152 Å². The number of halogens is 2. The van der Waals surface area contributed by atoms with E-state index >= 15 is 0 Å². The van der Waals surface area contributed by atoms with E-state index in [2.05, 4.69) is 10.1 Å². The highest BCUT2D eigenvalue weighted by molar-refractivity contribution is 5.95. The van der Waals surface area contributed by atoms with Crippen LogP contribution in [-0.4, -0.2) is 27.2 Å². The summed E-state index contributed by atoms with van der Waals surface area (Å²) in [5.41, 5.74) is 0.386. The van der Waals surface area contributed by atoms with E-state index in [1.807, 2.05) is 0 Å². The molecule has 3 rings (SSSR count). The van der Waals surface area contributed by atoms with Gasteiger partial charge < -0.3 is 4.74 Å². The summed E-state index contributed by atoms with van der Waals surface area (Å²) in [7, 11) is 0. The van der Waals surface area contributed by atoms with Crippen LogP contribution in [0.15, 0.2) is 35.3 Å². The minimum Gasteiger partial charge on any atom is -0.462 e. The molecule has 0 bridgehead atoms. The van der Waals surface area contributed by atoms with Gasteiger partial charge >= 0.3 is 11.9 Å². The molecule has 2 aromatic heterocycles. The molecular weight excluding hydrogens is 356 g/mol. The molecular formula is C19H15F2N3O3. The number of fused-ring (bicyclic) bond motifs is 1. The largest absolute Gasteiger partial charge is 0.462 e. The van der Waals surface area contributed by atoms with Crippen LogP contribution in [0.2, 0.25) is 0 Å². The van der Waals surface area contributed by atoms with Gasteiger partial charge in [-0.05, 0) is 31.4 Å². The van der Waals surface area contributed by atoms with Crippen molar-refractivity contribution in [3.05, 3.63) is 57.5 Å². The molecule has 0 unspecified atom stereocenters. The highest BCUT2D eigenvalue weighted by atomic mass is 19.3. The smallest absolute Gasteiger partial charge is 0.343 e. The maximum Gasteiger partial charge on any atom is 0.343 e. The topological polar surface area (TPSA) is 76.5 Å². The van der Waals surface area contributed by atoms with Crippen LogP contribution in [-0.2, 0) is 10.7 Å². The average Bonchev–Trinajstić information content (AvgIpc) is 3.06. The molecule has 0 saturated carbocycles. The number of carbonyl (C=O) groups is 1. The normalized spacial score (nSPS) is 11.4. The number of ether oxygens (including phenoxy) is 1. The first-order valence-corrected chi connectivity index (χ1v) is 8.04. The van der Waals surface area contributed by atoms with Gasteiger partial charge in [0.2, 0.25) is 0 Å². The summed E-state index contributed by atoms with van der Waals surface area (Å²) in [6.45, 7) is 3.33. The number of nitrogens with zero attached hydrogens (tertiary/aromatic N) is 2. The van der Waals surface area contributed by atoms with Crippen molar-refractivity contribution in [3.8, 4) is 23.6 Å². The van der Waals surface area contributed by atoms with Crippen molar-refractivity contribution >= 4 is 11.6 Å². The van der Waals surface area contributed by atoms with Gasteiger partial charge in [0.1, 0.15) is 5.56 Å². The molecule has 1 N–H and O–H groups in total. The van der Waals surface area contributed by atoms with Crippen LogP contribution in [0, 0.1) is 19.3 Å². The fraction of sp³-hybridized carbons (Fsp3) is 0.211. The lowest BCUT2D eigenvalue weighted by Crippen LogP contribution is -2.16. The summed E-state index contributed by atoms with van der Waals surface area (Å²) in [5.74, 6) is -2.55. The number of hydrogen-bond donors (Lipinski definition) is 1. The molecule has 27 heavy (non-hydrogen) atoms. The van der Waals surface area contributed by atoms with Crippen LogP contribution in [0.25, 0.3) is 16.9 Å². The first-order chi connectivity index (χ1) is 12.8. The highest BCUT2D eigenvalue weighted by Gasteiger charge is 2.30. The predicted molar refractivity (Wildman–Crippen MR) is 94.7 cm³/mol. The number of alkyl halides is 2. The lowest BCUT2D eigenvalue weighted by molar-refractivity contribution is 0.0528. The standard InChI is InChI=1S/C19H15F2N3O3/c1-4-19(20,21)14-7-6-12(8-11(14)3)15-9-16(25)24-17(23-15)13(10-22-24)18(26)27-5-2/h1,6-10,22H,5H2,2-3H3. The number of aromatic amines is 1. The van der Waals surface area contributed by atoms with Crippen molar-refractivity contribution in [2.45, 2.75) is 19.8 Å². The number of aryl methyl sites for hydroxylation is 1. The molecule has 0 radical (unpaired) electrons. The molecule has 0 aliphatic carbocycles. The van der Waals surface area contributed by atoms with Gasteiger partial charge in [-0.3, -0.25) is 9.89 Å². The minimum atomic E-state index is -3.39. The Morgan fingerprint density at radius 3 is 2.78 bits per heavy atom. The first-order valence-electron chi connectivity index (χ1n) is 8.04.